The molecule has 0 bridgehead atoms. The number of hydrogen-bond acceptors (Lipinski definition) is 7. The van der Waals surface area contributed by atoms with Crippen LogP contribution in [0.15, 0.2) is 29.3 Å². The third-order valence-corrected chi connectivity index (χ3v) is 6.61. The van der Waals surface area contributed by atoms with Gasteiger partial charge in [-0.15, -0.1) is 0 Å². The number of rotatable bonds is 5. The smallest absolute Gasteiger partial charge is 0.164 e. The minimum atomic E-state index is -3.02. The number of fused-ring (bicyclic) bond motifs is 1. The van der Waals surface area contributed by atoms with Crippen LogP contribution in [0.5, 0.6) is 5.75 Å². The van der Waals surface area contributed by atoms with E-state index in [1.54, 1.807) is 26.0 Å². The lowest BCUT2D eigenvalue weighted by atomic mass is 10.1. The number of aliphatic imine (C=N–C) groups is 1. The Morgan fingerprint density at radius 2 is 2.00 bits per heavy atom. The molecule has 126 valence electrons. The first-order valence-corrected chi connectivity index (χ1v) is 10.2. The van der Waals surface area contributed by atoms with Crippen LogP contribution in [-0.4, -0.2) is 63.8 Å². The van der Waals surface area contributed by atoms with Gasteiger partial charge in [0.15, 0.2) is 15.0 Å². The number of anilines is 1. The molecule has 0 amide bonds. The summed E-state index contributed by atoms with van der Waals surface area (Å²) in [6, 6.07) is 7.36. The van der Waals surface area contributed by atoms with Crippen molar-refractivity contribution >= 4 is 32.5 Å². The highest BCUT2D eigenvalue weighted by Gasteiger charge is 2.47. The molecule has 0 saturated carbocycles. The fourth-order valence-corrected chi connectivity index (χ4v) is 5.76. The molecular formula is C15H20N2O4S2. The molecule has 0 spiro atoms. The van der Waals surface area contributed by atoms with Gasteiger partial charge in [0.05, 0.1) is 37.3 Å². The number of ether oxygens (including phenoxy) is 2. The fraction of sp³-hybridized carbons (Fsp3) is 0.533. The van der Waals surface area contributed by atoms with Crippen LogP contribution in [-0.2, 0) is 14.6 Å². The van der Waals surface area contributed by atoms with Crippen molar-refractivity contribution in [1.82, 2.24) is 0 Å². The van der Waals surface area contributed by atoms with Crippen molar-refractivity contribution in [1.29, 1.82) is 0 Å². The molecule has 0 unspecified atom stereocenters. The molecule has 1 aromatic carbocycles. The Bertz CT molecular complexity index is 688. The largest absolute Gasteiger partial charge is 0.497 e. The van der Waals surface area contributed by atoms with Gasteiger partial charge in [-0.1, -0.05) is 11.8 Å². The molecule has 2 aliphatic rings. The van der Waals surface area contributed by atoms with E-state index in [0.29, 0.717) is 6.61 Å². The van der Waals surface area contributed by atoms with Gasteiger partial charge in [0, 0.05) is 18.6 Å². The van der Waals surface area contributed by atoms with E-state index < -0.39 is 9.84 Å². The first-order valence-electron chi connectivity index (χ1n) is 7.37. The van der Waals surface area contributed by atoms with E-state index >= 15 is 0 Å². The van der Waals surface area contributed by atoms with Crippen molar-refractivity contribution in [2.45, 2.75) is 12.1 Å². The van der Waals surface area contributed by atoms with Gasteiger partial charge in [-0.3, -0.25) is 4.99 Å². The Hall–Kier alpha value is -1.25. The SMILES string of the molecule is COCCSC1=N[C@H]2CS(=O)(=O)C[C@@H]2N1c1ccc(OC)cc1. The van der Waals surface area contributed by atoms with Gasteiger partial charge in [-0.2, -0.15) is 0 Å². The summed E-state index contributed by atoms with van der Waals surface area (Å²) in [5.74, 6) is 1.85. The van der Waals surface area contributed by atoms with E-state index in [9.17, 15) is 8.42 Å². The number of thioether (sulfide) groups is 1. The summed E-state index contributed by atoms with van der Waals surface area (Å²) in [6.45, 7) is 0.633. The lowest BCUT2D eigenvalue weighted by Gasteiger charge is -2.26. The molecule has 0 radical (unpaired) electrons. The monoisotopic (exact) mass is 356 g/mol. The molecule has 0 aromatic heterocycles. The van der Waals surface area contributed by atoms with Crippen molar-refractivity contribution in [2.24, 2.45) is 4.99 Å². The van der Waals surface area contributed by atoms with Crippen LogP contribution in [0, 0.1) is 0 Å². The molecule has 2 atom stereocenters. The minimum Gasteiger partial charge on any atom is -0.497 e. The average Bonchev–Trinajstić information content (AvgIpc) is 2.99. The van der Waals surface area contributed by atoms with Crippen LogP contribution in [0.1, 0.15) is 0 Å². The van der Waals surface area contributed by atoms with Crippen LogP contribution in [0.3, 0.4) is 0 Å². The third kappa shape index (κ3) is 3.49. The summed E-state index contributed by atoms with van der Waals surface area (Å²) < 4.78 is 34.2. The molecule has 23 heavy (non-hydrogen) atoms. The third-order valence-electron chi connectivity index (χ3n) is 3.98. The van der Waals surface area contributed by atoms with E-state index in [1.807, 2.05) is 24.3 Å². The Morgan fingerprint density at radius 1 is 1.26 bits per heavy atom. The molecule has 2 heterocycles. The summed E-state index contributed by atoms with van der Waals surface area (Å²) in [5, 5.41) is 0.872. The first-order chi connectivity index (χ1) is 11.0. The number of amidine groups is 1. The Morgan fingerprint density at radius 3 is 2.65 bits per heavy atom. The second-order valence-corrected chi connectivity index (χ2v) is 8.75. The molecule has 3 rings (SSSR count). The van der Waals surface area contributed by atoms with Crippen LogP contribution in [0.4, 0.5) is 5.69 Å². The number of methoxy groups -OCH3 is 2. The normalized spacial score (nSPS) is 25.3. The highest BCUT2D eigenvalue weighted by molar-refractivity contribution is 8.14. The first kappa shape index (κ1) is 16.6. The average molecular weight is 356 g/mol. The maximum absolute atomic E-state index is 11.9. The zero-order chi connectivity index (χ0) is 16.4. The van der Waals surface area contributed by atoms with E-state index in [-0.39, 0.29) is 23.6 Å². The molecule has 8 heteroatoms. The highest BCUT2D eigenvalue weighted by Crippen LogP contribution is 2.35. The van der Waals surface area contributed by atoms with Crippen molar-refractivity contribution in [3.8, 4) is 5.75 Å². The van der Waals surface area contributed by atoms with E-state index in [0.717, 1.165) is 22.4 Å². The van der Waals surface area contributed by atoms with E-state index in [4.69, 9.17) is 9.47 Å². The standard InChI is InChI=1S/C15H20N2O4S2/c1-20-7-8-22-15-16-13-9-23(18,19)10-14(13)17(15)11-3-5-12(21-2)6-4-11/h3-6,13-14H,7-10H2,1-2H3/t13-,14-/m0/s1. The van der Waals surface area contributed by atoms with Gasteiger partial charge in [0.2, 0.25) is 0 Å². The van der Waals surface area contributed by atoms with Gasteiger partial charge in [-0.05, 0) is 24.3 Å². The van der Waals surface area contributed by atoms with E-state index in [1.165, 1.54) is 0 Å². The molecule has 6 nitrogen and oxygen atoms in total. The molecule has 1 saturated heterocycles. The van der Waals surface area contributed by atoms with Crippen LogP contribution in [0.25, 0.3) is 0 Å². The zero-order valence-corrected chi connectivity index (χ0v) is 14.8. The second-order valence-electron chi connectivity index (χ2n) is 5.53. The second kappa shape index (κ2) is 6.70. The minimum absolute atomic E-state index is 0.113. The van der Waals surface area contributed by atoms with Gasteiger partial charge < -0.3 is 14.4 Å². The lowest BCUT2D eigenvalue weighted by molar-refractivity contribution is 0.219. The molecule has 2 aliphatic heterocycles. The Labute approximate surface area is 140 Å². The summed E-state index contributed by atoms with van der Waals surface area (Å²) in [6.07, 6.45) is 0. The Balaban J connectivity index is 1.87. The van der Waals surface area contributed by atoms with Crippen LogP contribution < -0.4 is 9.64 Å². The predicted octanol–water partition coefficient (Wildman–Crippen LogP) is 1.42. The predicted molar refractivity (Wildman–Crippen MR) is 93.5 cm³/mol. The molecule has 0 aliphatic carbocycles. The zero-order valence-electron chi connectivity index (χ0n) is 13.1. The van der Waals surface area contributed by atoms with E-state index in [2.05, 4.69) is 9.89 Å². The molecule has 1 aromatic rings. The quantitative estimate of drug-likeness (QED) is 0.743. The van der Waals surface area contributed by atoms with Gasteiger partial charge in [-0.25, -0.2) is 8.42 Å². The molecule has 1 fully saturated rings. The highest BCUT2D eigenvalue weighted by atomic mass is 32.2. The molecule has 0 N–H and O–H groups in total. The fourth-order valence-electron chi connectivity index (χ4n) is 2.89. The van der Waals surface area contributed by atoms with Crippen molar-refractivity contribution in [3.05, 3.63) is 24.3 Å². The van der Waals surface area contributed by atoms with Crippen molar-refractivity contribution < 1.29 is 17.9 Å². The maximum Gasteiger partial charge on any atom is 0.164 e. The topological polar surface area (TPSA) is 68.2 Å². The summed E-state index contributed by atoms with van der Waals surface area (Å²) in [7, 11) is 0.274. The lowest BCUT2D eigenvalue weighted by Crippen LogP contribution is -2.39. The van der Waals surface area contributed by atoms with Crippen molar-refractivity contribution in [3.63, 3.8) is 0 Å². The molecular weight excluding hydrogens is 336 g/mol. The number of nitrogens with zero attached hydrogens (tertiary/aromatic N) is 2. The number of hydrogen-bond donors (Lipinski definition) is 0. The summed E-state index contributed by atoms with van der Waals surface area (Å²) >= 11 is 1.60. The van der Waals surface area contributed by atoms with Gasteiger partial charge >= 0.3 is 0 Å². The summed E-state index contributed by atoms with van der Waals surface area (Å²) in [5.41, 5.74) is 0.944. The van der Waals surface area contributed by atoms with Crippen LogP contribution >= 0.6 is 11.8 Å². The Kier molecular flexibility index (Phi) is 4.84. The van der Waals surface area contributed by atoms with Crippen LogP contribution in [0.2, 0.25) is 0 Å². The summed E-state index contributed by atoms with van der Waals surface area (Å²) in [4.78, 5) is 6.71. The van der Waals surface area contributed by atoms with Gasteiger partial charge in [0.25, 0.3) is 0 Å². The maximum atomic E-state index is 11.9. The number of sulfone groups is 1. The number of benzene rings is 1. The van der Waals surface area contributed by atoms with Gasteiger partial charge in [0.1, 0.15) is 5.75 Å². The van der Waals surface area contributed by atoms with Crippen molar-refractivity contribution in [2.75, 3.05) is 43.0 Å².